The summed E-state index contributed by atoms with van der Waals surface area (Å²) in [7, 11) is -3.76. The van der Waals surface area contributed by atoms with Gasteiger partial charge in [-0.15, -0.1) is 0 Å². The molecule has 0 unspecified atom stereocenters. The van der Waals surface area contributed by atoms with Crippen LogP contribution in [0.25, 0.3) is 0 Å². The maximum absolute atomic E-state index is 11.6. The molecule has 4 N–H and O–H groups in total. The summed E-state index contributed by atoms with van der Waals surface area (Å²) in [5.41, 5.74) is 0. The Morgan fingerprint density at radius 2 is 0.378 bits per heavy atom. The topological polar surface area (TPSA) is 80.9 Å². The number of benzene rings is 6. The SMILES string of the molecule is CO.CO.O[Si](c1ccccc1)(c1ccccc1)c1ccccc1.O[Si](c1ccccc1)(c1ccccc1)c1ccccc1.[Zr]. The van der Waals surface area contributed by atoms with Crippen LogP contribution in [0, 0.1) is 0 Å². The standard InChI is InChI=1S/2C18H16OSi.2CH4O.Zr/c2*19-20(16-10-4-1-5-11-16,17-12-6-2-7-13-17)18-14-8-3-9-15-18;2*1-2;/h2*1-15,19H;2*2H,1H3;. The fourth-order valence-corrected chi connectivity index (χ4v) is 11.1. The second-order valence-electron chi connectivity index (χ2n) is 9.62. The third-order valence-corrected chi connectivity index (χ3v) is 14.2. The molecule has 4 nitrogen and oxygen atoms in total. The minimum atomic E-state index is -2.88. The third-order valence-electron chi connectivity index (χ3n) is 7.15. The van der Waals surface area contributed by atoms with Gasteiger partial charge in [0.2, 0.25) is 0 Å². The first-order valence-corrected chi connectivity index (χ1v) is 18.2. The van der Waals surface area contributed by atoms with Crippen LogP contribution in [0.3, 0.4) is 0 Å². The Morgan fingerprint density at radius 3 is 0.489 bits per heavy atom. The molecule has 0 aromatic heterocycles. The van der Waals surface area contributed by atoms with Crippen molar-refractivity contribution in [2.75, 3.05) is 14.2 Å². The molecule has 6 aromatic carbocycles. The van der Waals surface area contributed by atoms with Gasteiger partial charge in [0.15, 0.2) is 0 Å². The molecule has 0 fully saturated rings. The summed E-state index contributed by atoms with van der Waals surface area (Å²) in [6.07, 6.45) is 0. The summed E-state index contributed by atoms with van der Waals surface area (Å²) >= 11 is 0. The van der Waals surface area contributed by atoms with Crippen LogP contribution in [0.4, 0.5) is 0 Å². The molecule has 0 aliphatic rings. The molecule has 0 aliphatic carbocycles. The molecule has 0 spiro atoms. The zero-order valence-electron chi connectivity index (χ0n) is 25.6. The van der Waals surface area contributed by atoms with Crippen molar-refractivity contribution in [3.05, 3.63) is 182 Å². The van der Waals surface area contributed by atoms with E-state index in [1.165, 1.54) is 0 Å². The smallest absolute Gasteiger partial charge is 0.285 e. The molecule has 0 radical (unpaired) electrons. The fourth-order valence-electron chi connectivity index (χ4n) is 5.08. The molecule has 0 saturated carbocycles. The van der Waals surface area contributed by atoms with Gasteiger partial charge in [-0.25, -0.2) is 0 Å². The summed E-state index contributed by atoms with van der Waals surface area (Å²) in [4.78, 5) is 23.1. The molecular formula is C38H40O4Si2Zr. The van der Waals surface area contributed by atoms with Gasteiger partial charge in [-0.3, -0.25) is 0 Å². The van der Waals surface area contributed by atoms with Crippen LogP contribution in [0.15, 0.2) is 182 Å². The molecular weight excluding hydrogens is 668 g/mol. The first-order chi connectivity index (χ1) is 21.6. The molecule has 0 saturated heterocycles. The predicted octanol–water partition coefficient (Wildman–Crippen LogP) is 2.51. The van der Waals surface area contributed by atoms with Gasteiger partial charge in [0.25, 0.3) is 16.6 Å². The van der Waals surface area contributed by atoms with E-state index in [-0.39, 0.29) is 26.2 Å². The summed E-state index contributed by atoms with van der Waals surface area (Å²) in [6.45, 7) is 0. The molecule has 6 rings (SSSR count). The van der Waals surface area contributed by atoms with Gasteiger partial charge in [0, 0.05) is 40.4 Å². The molecule has 0 atom stereocenters. The van der Waals surface area contributed by atoms with Crippen molar-refractivity contribution in [1.82, 2.24) is 0 Å². The van der Waals surface area contributed by atoms with Crippen LogP contribution in [-0.4, -0.2) is 50.7 Å². The molecule has 228 valence electrons. The van der Waals surface area contributed by atoms with E-state index in [4.69, 9.17) is 10.2 Å². The van der Waals surface area contributed by atoms with Gasteiger partial charge < -0.3 is 19.8 Å². The molecule has 0 amide bonds. The number of aliphatic hydroxyl groups is 2. The third kappa shape index (κ3) is 9.25. The number of hydrogen-bond donors (Lipinski definition) is 4. The van der Waals surface area contributed by atoms with E-state index in [1.54, 1.807) is 0 Å². The summed E-state index contributed by atoms with van der Waals surface area (Å²) < 4.78 is 0. The molecule has 45 heavy (non-hydrogen) atoms. The Kier molecular flexibility index (Phi) is 16.6. The zero-order valence-corrected chi connectivity index (χ0v) is 30.1. The van der Waals surface area contributed by atoms with Gasteiger partial charge in [-0.2, -0.15) is 0 Å². The van der Waals surface area contributed by atoms with Crippen molar-refractivity contribution in [3.63, 3.8) is 0 Å². The van der Waals surface area contributed by atoms with E-state index in [2.05, 4.69) is 0 Å². The van der Waals surface area contributed by atoms with E-state index in [0.29, 0.717) is 0 Å². The second kappa shape index (κ2) is 19.8. The van der Waals surface area contributed by atoms with Crippen molar-refractivity contribution >= 4 is 47.8 Å². The minimum Gasteiger partial charge on any atom is -0.421 e. The summed E-state index contributed by atoms with van der Waals surface area (Å²) in [5, 5.41) is 20.1. The van der Waals surface area contributed by atoms with Crippen LogP contribution >= 0.6 is 0 Å². The van der Waals surface area contributed by atoms with Crippen molar-refractivity contribution in [3.8, 4) is 0 Å². The maximum Gasteiger partial charge on any atom is 0.285 e. The monoisotopic (exact) mass is 706 g/mol. The van der Waals surface area contributed by atoms with Gasteiger partial charge >= 0.3 is 0 Å². The van der Waals surface area contributed by atoms with E-state index in [1.807, 2.05) is 182 Å². The average molecular weight is 708 g/mol. The van der Waals surface area contributed by atoms with E-state index < -0.39 is 16.6 Å². The van der Waals surface area contributed by atoms with E-state index >= 15 is 0 Å². The Labute approximate surface area is 288 Å². The summed E-state index contributed by atoms with van der Waals surface area (Å²) in [6, 6.07) is 59.9. The second-order valence-corrected chi connectivity index (χ2v) is 15.9. The fraction of sp³-hybridized carbons (Fsp3) is 0.0526. The van der Waals surface area contributed by atoms with Crippen LogP contribution in [0.2, 0.25) is 0 Å². The van der Waals surface area contributed by atoms with Crippen LogP contribution in [0.5, 0.6) is 0 Å². The van der Waals surface area contributed by atoms with Crippen molar-refractivity contribution in [2.24, 2.45) is 0 Å². The predicted molar refractivity (Wildman–Crippen MR) is 189 cm³/mol. The Balaban J connectivity index is 0.000000277. The van der Waals surface area contributed by atoms with Gasteiger partial charge in [-0.1, -0.05) is 182 Å². The van der Waals surface area contributed by atoms with Crippen molar-refractivity contribution < 1.29 is 46.0 Å². The van der Waals surface area contributed by atoms with Crippen LogP contribution in [0.1, 0.15) is 0 Å². The van der Waals surface area contributed by atoms with Crippen molar-refractivity contribution in [1.29, 1.82) is 0 Å². The Morgan fingerprint density at radius 1 is 0.267 bits per heavy atom. The average Bonchev–Trinajstić information content (AvgIpc) is 3.15. The number of aliphatic hydroxyl groups excluding tert-OH is 2. The quantitative estimate of drug-likeness (QED) is 0.159. The van der Waals surface area contributed by atoms with Gasteiger partial charge in [0.1, 0.15) is 0 Å². The summed E-state index contributed by atoms with van der Waals surface area (Å²) in [5.74, 6) is 0. The molecule has 7 heteroatoms. The Bertz CT molecular complexity index is 1280. The molecule has 0 aliphatic heterocycles. The van der Waals surface area contributed by atoms with Gasteiger partial charge in [0.05, 0.1) is 0 Å². The maximum atomic E-state index is 11.6. The molecule has 0 bridgehead atoms. The normalized spacial score (nSPS) is 10.3. The molecule has 0 heterocycles. The number of rotatable bonds is 6. The first-order valence-electron chi connectivity index (χ1n) is 14.3. The Hall–Kier alpha value is -3.52. The minimum absolute atomic E-state index is 0. The number of hydrogen-bond acceptors (Lipinski definition) is 4. The van der Waals surface area contributed by atoms with Crippen LogP contribution < -0.4 is 31.1 Å². The van der Waals surface area contributed by atoms with E-state index in [9.17, 15) is 9.59 Å². The largest absolute Gasteiger partial charge is 0.421 e. The van der Waals surface area contributed by atoms with Crippen LogP contribution in [-0.2, 0) is 26.2 Å². The molecule has 6 aromatic rings. The van der Waals surface area contributed by atoms with E-state index in [0.717, 1.165) is 45.3 Å². The zero-order chi connectivity index (χ0) is 31.7. The first kappa shape index (κ1) is 37.7. The van der Waals surface area contributed by atoms with Gasteiger partial charge in [-0.05, 0) is 31.1 Å². The van der Waals surface area contributed by atoms with Crippen molar-refractivity contribution in [2.45, 2.75) is 0 Å².